The lowest BCUT2D eigenvalue weighted by atomic mass is 9.96. The lowest BCUT2D eigenvalue weighted by molar-refractivity contribution is 0.0899. The van der Waals surface area contributed by atoms with E-state index in [9.17, 15) is 0 Å². The average Bonchev–Trinajstić information content (AvgIpc) is 2.76. The number of hydrogen-bond donors (Lipinski definition) is 2. The first-order valence-corrected chi connectivity index (χ1v) is 12.1. The highest BCUT2D eigenvalue weighted by atomic mass is 35.5. The summed E-state index contributed by atoms with van der Waals surface area (Å²) in [6.07, 6.45) is 13.5. The molecule has 1 aliphatic carbocycles. The maximum Gasteiger partial charge on any atom is 0.0587 e. The molecular formula is C23H41ClN4O. The van der Waals surface area contributed by atoms with E-state index in [1.807, 2.05) is 0 Å². The maximum atomic E-state index is 6.37. The van der Waals surface area contributed by atoms with E-state index in [1.54, 1.807) is 7.11 Å². The number of nitrogens with zero attached hydrogens (tertiary/aromatic N) is 2. The molecule has 6 heteroatoms. The minimum Gasteiger partial charge on any atom is -0.383 e. The lowest BCUT2D eigenvalue weighted by Gasteiger charge is -2.41. The van der Waals surface area contributed by atoms with Gasteiger partial charge < -0.3 is 25.2 Å². The zero-order valence-electron chi connectivity index (χ0n) is 18.3. The van der Waals surface area contributed by atoms with Gasteiger partial charge in [-0.25, -0.2) is 0 Å². The third kappa shape index (κ3) is 7.97. The lowest BCUT2D eigenvalue weighted by Crippen LogP contribution is -2.50. The third-order valence-electron chi connectivity index (χ3n) is 6.57. The second-order valence-corrected chi connectivity index (χ2v) is 9.20. The standard InChI is InChI=1S/C23H41ClN4O/c1-29-17-12-25-10-11-26-23(20-6-5-7-21(24)18-20)19-27-15-8-22(9-16-27)28-13-3-2-4-14-28/h6,18,22-23,25-26H,2-5,7-17,19H2,1H3. The van der Waals surface area contributed by atoms with Crippen molar-refractivity contribution < 1.29 is 4.74 Å². The van der Waals surface area contributed by atoms with Crippen molar-refractivity contribution >= 4 is 11.6 Å². The summed E-state index contributed by atoms with van der Waals surface area (Å²) in [4.78, 5) is 5.42. The normalized spacial score (nSPS) is 23.7. The molecule has 0 saturated carbocycles. The van der Waals surface area contributed by atoms with Crippen molar-refractivity contribution in [2.24, 2.45) is 0 Å². The topological polar surface area (TPSA) is 39.8 Å². The molecule has 0 amide bonds. The smallest absolute Gasteiger partial charge is 0.0587 e. The Bertz CT molecular complexity index is 525. The summed E-state index contributed by atoms with van der Waals surface area (Å²) in [6.45, 7) is 9.75. The molecule has 166 valence electrons. The van der Waals surface area contributed by atoms with Gasteiger partial charge in [0.2, 0.25) is 0 Å². The highest BCUT2D eigenvalue weighted by molar-refractivity contribution is 6.29. The van der Waals surface area contributed by atoms with Gasteiger partial charge in [0.15, 0.2) is 0 Å². The molecule has 0 radical (unpaired) electrons. The minimum absolute atomic E-state index is 0.361. The molecule has 0 aromatic rings. The molecule has 5 nitrogen and oxygen atoms in total. The van der Waals surface area contributed by atoms with E-state index in [1.165, 1.54) is 63.9 Å². The number of halogens is 1. The van der Waals surface area contributed by atoms with E-state index in [0.717, 1.165) is 56.7 Å². The van der Waals surface area contributed by atoms with Crippen molar-refractivity contribution in [1.29, 1.82) is 0 Å². The molecule has 2 saturated heterocycles. The van der Waals surface area contributed by atoms with Crippen molar-refractivity contribution in [3.8, 4) is 0 Å². The SMILES string of the molecule is COCCNCCNC(CN1CCC(N2CCCCC2)CC1)C1=CCCC(Cl)=C1. The number of methoxy groups -OCH3 is 1. The predicted octanol–water partition coefficient (Wildman–Crippen LogP) is 2.97. The number of hydrogen-bond acceptors (Lipinski definition) is 5. The van der Waals surface area contributed by atoms with Crippen LogP contribution in [0.25, 0.3) is 0 Å². The van der Waals surface area contributed by atoms with E-state index < -0.39 is 0 Å². The monoisotopic (exact) mass is 424 g/mol. The molecule has 3 aliphatic rings. The summed E-state index contributed by atoms with van der Waals surface area (Å²) in [5, 5.41) is 8.21. The summed E-state index contributed by atoms with van der Waals surface area (Å²) in [5.74, 6) is 0. The average molecular weight is 425 g/mol. The van der Waals surface area contributed by atoms with Crippen LogP contribution in [-0.2, 0) is 4.74 Å². The first-order chi connectivity index (χ1) is 14.3. The first-order valence-electron chi connectivity index (χ1n) is 11.7. The molecule has 3 rings (SSSR count). The Morgan fingerprint density at radius 3 is 2.62 bits per heavy atom. The highest BCUT2D eigenvalue weighted by Gasteiger charge is 2.27. The molecule has 1 unspecified atom stereocenters. The van der Waals surface area contributed by atoms with Gasteiger partial charge in [-0.3, -0.25) is 0 Å². The number of piperidine rings is 2. The third-order valence-corrected chi connectivity index (χ3v) is 6.87. The van der Waals surface area contributed by atoms with Crippen LogP contribution >= 0.6 is 11.6 Å². The first kappa shape index (κ1) is 23.2. The molecule has 0 aromatic heterocycles. The van der Waals surface area contributed by atoms with E-state index in [-0.39, 0.29) is 0 Å². The van der Waals surface area contributed by atoms with E-state index in [4.69, 9.17) is 16.3 Å². The summed E-state index contributed by atoms with van der Waals surface area (Å²) in [6, 6.07) is 1.17. The Hall–Kier alpha value is -0.430. The van der Waals surface area contributed by atoms with Crippen LogP contribution in [0.2, 0.25) is 0 Å². The van der Waals surface area contributed by atoms with Crippen LogP contribution < -0.4 is 10.6 Å². The number of allylic oxidation sites excluding steroid dienone is 2. The summed E-state index contributed by atoms with van der Waals surface area (Å²) >= 11 is 6.37. The van der Waals surface area contributed by atoms with Crippen molar-refractivity contribution in [1.82, 2.24) is 20.4 Å². The fourth-order valence-electron chi connectivity index (χ4n) is 4.86. The van der Waals surface area contributed by atoms with Gasteiger partial charge >= 0.3 is 0 Å². The second-order valence-electron chi connectivity index (χ2n) is 8.71. The Kier molecular flexibility index (Phi) is 10.5. The number of rotatable bonds is 11. The number of likely N-dealkylation sites (tertiary alicyclic amines) is 2. The Labute approximate surface area is 182 Å². The van der Waals surface area contributed by atoms with Crippen LogP contribution in [0.4, 0.5) is 0 Å². The second kappa shape index (κ2) is 13.1. The largest absolute Gasteiger partial charge is 0.383 e. The summed E-state index contributed by atoms with van der Waals surface area (Å²) < 4.78 is 5.10. The van der Waals surface area contributed by atoms with Gasteiger partial charge in [0, 0.05) is 50.4 Å². The Morgan fingerprint density at radius 1 is 1.10 bits per heavy atom. The Balaban J connectivity index is 1.46. The molecule has 2 N–H and O–H groups in total. The van der Waals surface area contributed by atoms with Crippen LogP contribution in [0.5, 0.6) is 0 Å². The van der Waals surface area contributed by atoms with E-state index >= 15 is 0 Å². The van der Waals surface area contributed by atoms with E-state index in [0.29, 0.717) is 6.04 Å². The Morgan fingerprint density at radius 2 is 1.90 bits per heavy atom. The quantitative estimate of drug-likeness (QED) is 0.499. The predicted molar refractivity (Wildman–Crippen MR) is 123 cm³/mol. The fourth-order valence-corrected chi connectivity index (χ4v) is 5.10. The molecule has 0 spiro atoms. The molecule has 0 aromatic carbocycles. The van der Waals surface area contributed by atoms with Gasteiger partial charge in [-0.2, -0.15) is 0 Å². The van der Waals surface area contributed by atoms with E-state index in [2.05, 4.69) is 32.6 Å². The van der Waals surface area contributed by atoms with Gasteiger partial charge in [0.25, 0.3) is 0 Å². The van der Waals surface area contributed by atoms with Crippen LogP contribution in [0.1, 0.15) is 44.9 Å². The van der Waals surface area contributed by atoms with Gasteiger partial charge in [0.1, 0.15) is 0 Å². The van der Waals surface area contributed by atoms with Crippen LogP contribution in [-0.4, -0.2) is 88.0 Å². The van der Waals surface area contributed by atoms with Gasteiger partial charge in [-0.1, -0.05) is 24.1 Å². The van der Waals surface area contributed by atoms with Crippen molar-refractivity contribution in [3.63, 3.8) is 0 Å². The van der Waals surface area contributed by atoms with Gasteiger partial charge in [-0.05, 0) is 76.4 Å². The van der Waals surface area contributed by atoms with Crippen LogP contribution in [0, 0.1) is 0 Å². The van der Waals surface area contributed by atoms with Gasteiger partial charge in [-0.15, -0.1) is 0 Å². The zero-order valence-corrected chi connectivity index (χ0v) is 19.1. The summed E-state index contributed by atoms with van der Waals surface area (Å²) in [7, 11) is 1.75. The molecule has 2 aliphatic heterocycles. The van der Waals surface area contributed by atoms with Crippen LogP contribution in [0.15, 0.2) is 22.8 Å². The maximum absolute atomic E-state index is 6.37. The molecule has 1 atom stereocenters. The zero-order chi connectivity index (χ0) is 20.3. The van der Waals surface area contributed by atoms with Crippen molar-refractivity contribution in [2.45, 2.75) is 57.0 Å². The summed E-state index contributed by atoms with van der Waals surface area (Å²) in [5.41, 5.74) is 1.37. The number of nitrogens with one attached hydrogen (secondary N) is 2. The molecule has 2 fully saturated rings. The molecular weight excluding hydrogens is 384 g/mol. The van der Waals surface area contributed by atoms with Crippen molar-refractivity contribution in [2.75, 3.05) is 66.1 Å². The van der Waals surface area contributed by atoms with Crippen molar-refractivity contribution in [3.05, 3.63) is 22.8 Å². The minimum atomic E-state index is 0.361. The molecule has 2 heterocycles. The van der Waals surface area contributed by atoms with Gasteiger partial charge in [0.05, 0.1) is 6.61 Å². The highest BCUT2D eigenvalue weighted by Crippen LogP contribution is 2.25. The molecule has 29 heavy (non-hydrogen) atoms. The fraction of sp³-hybridized carbons (Fsp3) is 0.826. The molecule has 0 bridgehead atoms. The van der Waals surface area contributed by atoms with Crippen LogP contribution in [0.3, 0.4) is 0 Å². The number of ether oxygens (including phenoxy) is 1.